The fourth-order valence-corrected chi connectivity index (χ4v) is 2.99. The van der Waals surface area contributed by atoms with Crippen molar-refractivity contribution in [2.45, 2.75) is 26.7 Å². The summed E-state index contributed by atoms with van der Waals surface area (Å²) in [6.45, 7) is 6.22. The lowest BCUT2D eigenvalue weighted by molar-refractivity contribution is 0.395. The molecule has 1 heterocycles. The van der Waals surface area contributed by atoms with Crippen LogP contribution >= 0.6 is 0 Å². The highest BCUT2D eigenvalue weighted by Gasteiger charge is 2.10. The summed E-state index contributed by atoms with van der Waals surface area (Å²) < 4.78 is 10.7. The van der Waals surface area contributed by atoms with Crippen LogP contribution in [0.25, 0.3) is 0 Å². The Morgan fingerprint density at radius 3 is 2.14 bits per heavy atom. The molecule has 0 aliphatic heterocycles. The largest absolute Gasteiger partial charge is 0.497 e. The number of para-hydroxylation sites is 1. The Kier molecular flexibility index (Phi) is 5.99. The van der Waals surface area contributed by atoms with Gasteiger partial charge in [-0.3, -0.25) is 0 Å². The number of aryl methyl sites for hydroxylation is 1. The second-order valence-corrected chi connectivity index (χ2v) is 6.74. The van der Waals surface area contributed by atoms with Crippen molar-refractivity contribution in [3.63, 3.8) is 0 Å². The molecule has 0 saturated heterocycles. The van der Waals surface area contributed by atoms with Crippen molar-refractivity contribution in [2.75, 3.05) is 24.9 Å². The van der Waals surface area contributed by atoms with Crippen molar-refractivity contribution in [1.82, 2.24) is 9.97 Å². The summed E-state index contributed by atoms with van der Waals surface area (Å²) in [5.74, 6) is 3.90. The van der Waals surface area contributed by atoms with Crippen LogP contribution in [0, 0.1) is 6.92 Å². The van der Waals surface area contributed by atoms with Gasteiger partial charge in [0.15, 0.2) is 0 Å². The van der Waals surface area contributed by atoms with Gasteiger partial charge in [-0.1, -0.05) is 32.0 Å². The molecule has 28 heavy (non-hydrogen) atoms. The average molecular weight is 378 g/mol. The Morgan fingerprint density at radius 1 is 0.821 bits per heavy atom. The minimum absolute atomic E-state index is 0.410. The fraction of sp³-hybridized carbons (Fsp3) is 0.273. The predicted molar refractivity (Wildman–Crippen MR) is 113 cm³/mol. The molecule has 0 saturated carbocycles. The van der Waals surface area contributed by atoms with Crippen molar-refractivity contribution >= 4 is 23.0 Å². The van der Waals surface area contributed by atoms with Gasteiger partial charge in [-0.05, 0) is 36.6 Å². The summed E-state index contributed by atoms with van der Waals surface area (Å²) >= 11 is 0. The SMILES string of the molecule is COc1ccc(Nc2cc(Nc3ccccc3C(C)C)nc(C)n2)c(OC)c1. The lowest BCUT2D eigenvalue weighted by Crippen LogP contribution is -2.04. The van der Waals surface area contributed by atoms with Crippen molar-refractivity contribution < 1.29 is 9.47 Å². The third-order valence-corrected chi connectivity index (χ3v) is 4.35. The molecule has 0 amide bonds. The molecule has 0 spiro atoms. The van der Waals surface area contributed by atoms with E-state index in [0.29, 0.717) is 23.3 Å². The number of hydrogen-bond acceptors (Lipinski definition) is 6. The monoisotopic (exact) mass is 378 g/mol. The molecular formula is C22H26N4O2. The maximum absolute atomic E-state index is 5.46. The molecule has 0 radical (unpaired) electrons. The van der Waals surface area contributed by atoms with E-state index in [0.717, 1.165) is 22.9 Å². The number of hydrogen-bond donors (Lipinski definition) is 2. The number of nitrogens with zero attached hydrogens (tertiary/aromatic N) is 2. The predicted octanol–water partition coefficient (Wildman–Crippen LogP) is 5.41. The summed E-state index contributed by atoms with van der Waals surface area (Å²) in [5, 5.41) is 6.73. The number of rotatable bonds is 7. The normalized spacial score (nSPS) is 10.6. The molecule has 0 aliphatic carbocycles. The van der Waals surface area contributed by atoms with Gasteiger partial charge in [-0.15, -0.1) is 0 Å². The van der Waals surface area contributed by atoms with Crippen LogP contribution in [0.3, 0.4) is 0 Å². The van der Waals surface area contributed by atoms with Crippen LogP contribution in [0.1, 0.15) is 31.2 Å². The summed E-state index contributed by atoms with van der Waals surface area (Å²) in [4.78, 5) is 9.02. The first kappa shape index (κ1) is 19.5. The van der Waals surface area contributed by atoms with Gasteiger partial charge in [0.25, 0.3) is 0 Å². The van der Waals surface area contributed by atoms with Gasteiger partial charge in [-0.2, -0.15) is 0 Å². The Balaban J connectivity index is 1.89. The molecule has 1 aromatic heterocycles. The molecule has 0 bridgehead atoms. The third-order valence-electron chi connectivity index (χ3n) is 4.35. The van der Waals surface area contributed by atoms with E-state index in [1.54, 1.807) is 14.2 Å². The summed E-state index contributed by atoms with van der Waals surface area (Å²) in [5.41, 5.74) is 3.09. The minimum atomic E-state index is 0.410. The molecule has 6 heteroatoms. The zero-order valence-electron chi connectivity index (χ0n) is 16.9. The van der Waals surface area contributed by atoms with Crippen LogP contribution in [-0.4, -0.2) is 24.2 Å². The first-order valence-corrected chi connectivity index (χ1v) is 9.21. The molecule has 3 aromatic rings. The number of methoxy groups -OCH3 is 2. The second kappa shape index (κ2) is 8.61. The first-order valence-electron chi connectivity index (χ1n) is 9.21. The second-order valence-electron chi connectivity index (χ2n) is 6.74. The van der Waals surface area contributed by atoms with Gasteiger partial charge in [0, 0.05) is 17.8 Å². The van der Waals surface area contributed by atoms with E-state index < -0.39 is 0 Å². The van der Waals surface area contributed by atoms with Crippen LogP contribution in [0.15, 0.2) is 48.5 Å². The van der Waals surface area contributed by atoms with E-state index in [1.807, 2.05) is 37.3 Å². The van der Waals surface area contributed by atoms with Gasteiger partial charge in [0.1, 0.15) is 29.0 Å². The van der Waals surface area contributed by atoms with E-state index in [-0.39, 0.29) is 0 Å². The van der Waals surface area contributed by atoms with Crippen LogP contribution in [0.5, 0.6) is 11.5 Å². The van der Waals surface area contributed by atoms with Crippen molar-refractivity contribution in [1.29, 1.82) is 0 Å². The molecule has 3 rings (SSSR count). The molecule has 6 nitrogen and oxygen atoms in total. The highest BCUT2D eigenvalue weighted by molar-refractivity contribution is 5.69. The zero-order chi connectivity index (χ0) is 20.1. The number of benzene rings is 2. The van der Waals surface area contributed by atoms with Crippen molar-refractivity contribution in [3.05, 3.63) is 59.9 Å². The molecule has 0 fully saturated rings. The van der Waals surface area contributed by atoms with E-state index in [9.17, 15) is 0 Å². The van der Waals surface area contributed by atoms with Gasteiger partial charge < -0.3 is 20.1 Å². The molecule has 2 N–H and O–H groups in total. The first-order chi connectivity index (χ1) is 13.5. The van der Waals surface area contributed by atoms with Crippen LogP contribution in [-0.2, 0) is 0 Å². The molecule has 146 valence electrons. The zero-order valence-corrected chi connectivity index (χ0v) is 16.9. The maximum Gasteiger partial charge on any atom is 0.146 e. The number of anilines is 4. The van der Waals surface area contributed by atoms with Gasteiger partial charge in [-0.25, -0.2) is 9.97 Å². The summed E-state index contributed by atoms with van der Waals surface area (Å²) in [7, 11) is 3.25. The number of ether oxygens (including phenoxy) is 2. The Morgan fingerprint density at radius 2 is 1.50 bits per heavy atom. The van der Waals surface area contributed by atoms with Gasteiger partial charge in [0.2, 0.25) is 0 Å². The van der Waals surface area contributed by atoms with Crippen LogP contribution in [0.2, 0.25) is 0 Å². The quantitative estimate of drug-likeness (QED) is 0.573. The maximum atomic E-state index is 5.46. The van der Waals surface area contributed by atoms with E-state index in [1.165, 1.54) is 5.56 Å². The molecule has 0 unspecified atom stereocenters. The van der Waals surface area contributed by atoms with Crippen LogP contribution in [0.4, 0.5) is 23.0 Å². The van der Waals surface area contributed by atoms with Crippen molar-refractivity contribution in [2.24, 2.45) is 0 Å². The van der Waals surface area contributed by atoms with Crippen LogP contribution < -0.4 is 20.1 Å². The molecule has 0 atom stereocenters. The Labute approximate surface area is 166 Å². The van der Waals surface area contributed by atoms with E-state index in [4.69, 9.17) is 9.47 Å². The Hall–Kier alpha value is -3.28. The topological polar surface area (TPSA) is 68.3 Å². The third kappa shape index (κ3) is 4.52. The highest BCUT2D eigenvalue weighted by atomic mass is 16.5. The standard InChI is InChI=1S/C22H26N4O2/c1-14(2)17-8-6-7-9-18(17)25-21-13-22(24-15(3)23-21)26-19-11-10-16(27-4)12-20(19)28-5/h6-14H,1-5H3,(H2,23,24,25,26). The van der Waals surface area contributed by atoms with Gasteiger partial charge >= 0.3 is 0 Å². The molecule has 2 aromatic carbocycles. The number of nitrogens with one attached hydrogen (secondary N) is 2. The molecular weight excluding hydrogens is 352 g/mol. The summed E-state index contributed by atoms with van der Waals surface area (Å²) in [6.07, 6.45) is 0. The lowest BCUT2D eigenvalue weighted by Gasteiger charge is -2.16. The van der Waals surface area contributed by atoms with Crippen molar-refractivity contribution in [3.8, 4) is 11.5 Å². The van der Waals surface area contributed by atoms with E-state index >= 15 is 0 Å². The number of aromatic nitrogens is 2. The average Bonchev–Trinajstić information content (AvgIpc) is 2.68. The van der Waals surface area contributed by atoms with E-state index in [2.05, 4.69) is 52.6 Å². The van der Waals surface area contributed by atoms with Gasteiger partial charge in [0.05, 0.1) is 19.9 Å². The fourth-order valence-electron chi connectivity index (χ4n) is 2.99. The highest BCUT2D eigenvalue weighted by Crippen LogP contribution is 2.32. The summed E-state index contributed by atoms with van der Waals surface area (Å²) in [6, 6.07) is 15.7. The Bertz CT molecular complexity index is 957. The lowest BCUT2D eigenvalue weighted by atomic mass is 10.0. The smallest absolute Gasteiger partial charge is 0.146 e. The minimum Gasteiger partial charge on any atom is -0.497 e. The molecule has 0 aliphatic rings.